The van der Waals surface area contributed by atoms with E-state index in [9.17, 15) is 0 Å². The highest BCUT2D eigenvalue weighted by molar-refractivity contribution is 7.20. The van der Waals surface area contributed by atoms with Gasteiger partial charge in [-0.15, -0.1) is 0 Å². The van der Waals surface area contributed by atoms with Crippen molar-refractivity contribution < 1.29 is 4.74 Å². The smallest absolute Gasteiger partial charge is 0.274 e. The molecule has 3 rings (SSSR count). The van der Waals surface area contributed by atoms with E-state index in [1.165, 1.54) is 0 Å². The summed E-state index contributed by atoms with van der Waals surface area (Å²) in [7, 11) is 0. The van der Waals surface area contributed by atoms with Crippen LogP contribution >= 0.6 is 11.3 Å². The number of nitrogens with zero attached hydrogens (tertiary/aromatic N) is 2. The van der Waals surface area contributed by atoms with Gasteiger partial charge in [-0.3, -0.25) is 5.10 Å². The minimum Gasteiger partial charge on any atom is -0.460 e. The van der Waals surface area contributed by atoms with E-state index in [1.54, 1.807) is 17.5 Å². The lowest BCUT2D eigenvalue weighted by Crippen LogP contribution is -2.03. The molecule has 0 radical (unpaired) electrons. The van der Waals surface area contributed by atoms with Gasteiger partial charge in [-0.2, -0.15) is 5.10 Å². The number of thiazole rings is 1. The summed E-state index contributed by atoms with van der Waals surface area (Å²) >= 11 is 1.56. The number of nitrogens with one attached hydrogen (secondary N) is 1. The van der Waals surface area contributed by atoms with Gasteiger partial charge in [0.2, 0.25) is 0 Å². The Hall–Kier alpha value is -1.88. The molecule has 2 aromatic heterocycles. The van der Waals surface area contributed by atoms with E-state index in [0.717, 1.165) is 15.9 Å². The SMILES string of the molecule is C[C@H](Oc1nc2ccccc2s1)c1ccn[nH]1. The Morgan fingerprint density at radius 2 is 2.18 bits per heavy atom. The molecule has 1 atom stereocenters. The number of benzene rings is 1. The summed E-state index contributed by atoms with van der Waals surface area (Å²) < 4.78 is 6.92. The van der Waals surface area contributed by atoms with Gasteiger partial charge in [0.1, 0.15) is 6.10 Å². The normalized spacial score (nSPS) is 12.8. The highest BCUT2D eigenvalue weighted by Gasteiger charge is 2.11. The quantitative estimate of drug-likeness (QED) is 0.771. The topological polar surface area (TPSA) is 50.8 Å². The second-order valence-electron chi connectivity index (χ2n) is 3.72. The molecule has 0 unspecified atom stereocenters. The molecule has 4 nitrogen and oxygen atoms in total. The molecule has 0 aliphatic rings. The van der Waals surface area contributed by atoms with Gasteiger partial charge in [0.15, 0.2) is 0 Å². The summed E-state index contributed by atoms with van der Waals surface area (Å²) in [5.74, 6) is 0. The second kappa shape index (κ2) is 4.18. The van der Waals surface area contributed by atoms with Crippen molar-refractivity contribution >= 4 is 21.6 Å². The molecular weight excluding hydrogens is 234 g/mol. The Morgan fingerprint density at radius 3 is 2.94 bits per heavy atom. The molecule has 3 aromatic rings. The largest absolute Gasteiger partial charge is 0.460 e. The van der Waals surface area contributed by atoms with Gasteiger partial charge in [0.25, 0.3) is 5.19 Å². The van der Waals surface area contributed by atoms with E-state index in [1.807, 2.05) is 37.3 Å². The molecule has 0 aliphatic carbocycles. The Bertz CT molecular complexity index is 585. The van der Waals surface area contributed by atoms with Gasteiger partial charge in [-0.05, 0) is 25.1 Å². The minimum atomic E-state index is -0.0712. The third-order valence-electron chi connectivity index (χ3n) is 2.51. The van der Waals surface area contributed by atoms with Gasteiger partial charge >= 0.3 is 0 Å². The van der Waals surface area contributed by atoms with Crippen molar-refractivity contribution in [3.05, 3.63) is 42.2 Å². The summed E-state index contributed by atoms with van der Waals surface area (Å²) in [6.45, 7) is 1.97. The van der Waals surface area contributed by atoms with Crippen molar-refractivity contribution in [1.29, 1.82) is 0 Å². The number of aromatic nitrogens is 3. The average molecular weight is 245 g/mol. The number of aromatic amines is 1. The van der Waals surface area contributed by atoms with Crippen LogP contribution in [0.3, 0.4) is 0 Å². The number of rotatable bonds is 3. The van der Waals surface area contributed by atoms with Gasteiger partial charge in [-0.1, -0.05) is 23.5 Å². The third-order valence-corrected chi connectivity index (χ3v) is 3.44. The van der Waals surface area contributed by atoms with E-state index < -0.39 is 0 Å². The van der Waals surface area contributed by atoms with Crippen molar-refractivity contribution in [2.45, 2.75) is 13.0 Å². The third kappa shape index (κ3) is 2.01. The molecule has 86 valence electrons. The zero-order valence-corrected chi connectivity index (χ0v) is 10.1. The van der Waals surface area contributed by atoms with E-state index >= 15 is 0 Å². The molecule has 0 fully saturated rings. The number of ether oxygens (including phenoxy) is 1. The van der Waals surface area contributed by atoms with Crippen LogP contribution in [0.4, 0.5) is 0 Å². The highest BCUT2D eigenvalue weighted by Crippen LogP contribution is 2.30. The average Bonchev–Trinajstić information content (AvgIpc) is 2.97. The summed E-state index contributed by atoms with van der Waals surface area (Å²) in [5.41, 5.74) is 1.92. The van der Waals surface area contributed by atoms with Gasteiger partial charge in [0, 0.05) is 6.20 Å². The van der Waals surface area contributed by atoms with Crippen molar-refractivity contribution in [2.24, 2.45) is 0 Å². The molecule has 1 aromatic carbocycles. The fraction of sp³-hybridized carbons (Fsp3) is 0.167. The lowest BCUT2D eigenvalue weighted by atomic mass is 10.3. The van der Waals surface area contributed by atoms with Crippen molar-refractivity contribution in [3.63, 3.8) is 0 Å². The van der Waals surface area contributed by atoms with Crippen LogP contribution in [0.1, 0.15) is 18.7 Å². The Morgan fingerprint density at radius 1 is 1.29 bits per heavy atom. The first-order valence-electron chi connectivity index (χ1n) is 5.34. The fourth-order valence-corrected chi connectivity index (χ4v) is 2.50. The Kier molecular flexibility index (Phi) is 2.53. The Balaban J connectivity index is 1.85. The molecule has 5 heteroatoms. The molecule has 0 saturated heterocycles. The molecule has 0 bridgehead atoms. The molecule has 0 aliphatic heterocycles. The zero-order valence-electron chi connectivity index (χ0n) is 9.25. The maximum atomic E-state index is 5.78. The van der Waals surface area contributed by atoms with Crippen LogP contribution in [0.25, 0.3) is 10.2 Å². The number of para-hydroxylation sites is 1. The van der Waals surface area contributed by atoms with E-state index in [-0.39, 0.29) is 6.10 Å². The van der Waals surface area contributed by atoms with Crippen molar-refractivity contribution in [1.82, 2.24) is 15.2 Å². The van der Waals surface area contributed by atoms with Gasteiger partial charge in [-0.25, -0.2) is 4.98 Å². The Labute approximate surface area is 102 Å². The maximum Gasteiger partial charge on any atom is 0.274 e. The first-order chi connectivity index (χ1) is 8.33. The van der Waals surface area contributed by atoms with E-state index in [2.05, 4.69) is 15.2 Å². The molecule has 0 amide bonds. The summed E-state index contributed by atoms with van der Waals surface area (Å²) in [6.07, 6.45) is 1.64. The summed E-state index contributed by atoms with van der Waals surface area (Å²) in [5, 5.41) is 7.49. The molecule has 17 heavy (non-hydrogen) atoms. The van der Waals surface area contributed by atoms with Gasteiger partial charge < -0.3 is 4.74 Å². The van der Waals surface area contributed by atoms with Crippen molar-refractivity contribution in [2.75, 3.05) is 0 Å². The highest BCUT2D eigenvalue weighted by atomic mass is 32.1. The van der Waals surface area contributed by atoms with Crippen LogP contribution < -0.4 is 4.74 Å². The van der Waals surface area contributed by atoms with Crippen LogP contribution in [0, 0.1) is 0 Å². The maximum absolute atomic E-state index is 5.78. The van der Waals surface area contributed by atoms with E-state index in [4.69, 9.17) is 4.74 Å². The lowest BCUT2D eigenvalue weighted by molar-refractivity contribution is 0.221. The molecule has 0 spiro atoms. The fourth-order valence-electron chi connectivity index (χ4n) is 1.61. The van der Waals surface area contributed by atoms with Crippen LogP contribution in [-0.2, 0) is 0 Å². The summed E-state index contributed by atoms with van der Waals surface area (Å²) in [6, 6.07) is 9.91. The number of hydrogen-bond acceptors (Lipinski definition) is 4. The predicted molar refractivity (Wildman–Crippen MR) is 67.3 cm³/mol. The second-order valence-corrected chi connectivity index (χ2v) is 4.71. The van der Waals surface area contributed by atoms with Crippen LogP contribution in [-0.4, -0.2) is 15.2 Å². The van der Waals surface area contributed by atoms with Crippen LogP contribution in [0.5, 0.6) is 5.19 Å². The lowest BCUT2D eigenvalue weighted by Gasteiger charge is -2.08. The summed E-state index contributed by atoms with van der Waals surface area (Å²) in [4.78, 5) is 4.42. The predicted octanol–water partition coefficient (Wildman–Crippen LogP) is 3.16. The number of H-pyrrole nitrogens is 1. The zero-order chi connectivity index (χ0) is 11.7. The molecule has 1 N–H and O–H groups in total. The standard InChI is InChI=1S/C12H11N3OS/c1-8(9-6-7-13-15-9)16-12-14-10-4-2-3-5-11(10)17-12/h2-8H,1H3,(H,13,15)/t8-/m0/s1. The van der Waals surface area contributed by atoms with Crippen molar-refractivity contribution in [3.8, 4) is 5.19 Å². The molecule has 2 heterocycles. The number of fused-ring (bicyclic) bond motifs is 1. The molecular formula is C12H11N3OS. The molecule has 0 saturated carbocycles. The van der Waals surface area contributed by atoms with Gasteiger partial charge in [0.05, 0.1) is 15.9 Å². The first-order valence-corrected chi connectivity index (χ1v) is 6.16. The first kappa shape index (κ1) is 10.3. The monoisotopic (exact) mass is 245 g/mol. The van der Waals surface area contributed by atoms with Crippen LogP contribution in [0.15, 0.2) is 36.5 Å². The van der Waals surface area contributed by atoms with Crippen LogP contribution in [0.2, 0.25) is 0 Å². The van der Waals surface area contributed by atoms with E-state index in [0.29, 0.717) is 5.19 Å². The minimum absolute atomic E-state index is 0.0712. The number of hydrogen-bond donors (Lipinski definition) is 1.